The highest BCUT2D eigenvalue weighted by Crippen LogP contribution is 2.23. The van der Waals surface area contributed by atoms with Crippen LogP contribution in [0.15, 0.2) is 17.0 Å². The van der Waals surface area contributed by atoms with Gasteiger partial charge in [-0.2, -0.15) is 8.42 Å². The van der Waals surface area contributed by atoms with Gasteiger partial charge in [0.25, 0.3) is 16.0 Å². The van der Waals surface area contributed by atoms with Crippen molar-refractivity contribution in [2.75, 3.05) is 6.54 Å². The van der Waals surface area contributed by atoms with E-state index in [0.717, 1.165) is 0 Å². The Morgan fingerprint density at radius 3 is 2.59 bits per heavy atom. The van der Waals surface area contributed by atoms with E-state index in [2.05, 4.69) is 5.32 Å². The number of rotatable bonds is 3. The van der Waals surface area contributed by atoms with Gasteiger partial charge in [-0.1, -0.05) is 11.6 Å². The molecule has 0 radical (unpaired) electrons. The number of benzene rings is 1. The van der Waals surface area contributed by atoms with Gasteiger partial charge in [-0.25, -0.2) is 4.39 Å². The highest BCUT2D eigenvalue weighted by molar-refractivity contribution is 7.85. The molecule has 0 saturated heterocycles. The molecule has 0 aliphatic carbocycles. The summed E-state index contributed by atoms with van der Waals surface area (Å²) < 4.78 is 43.7. The van der Waals surface area contributed by atoms with Crippen LogP contribution in [0.2, 0.25) is 5.02 Å². The van der Waals surface area contributed by atoms with Crippen molar-refractivity contribution in [1.29, 1.82) is 0 Å². The summed E-state index contributed by atoms with van der Waals surface area (Å²) in [6.45, 7) is 1.95. The number of hydrogen-bond donors (Lipinski definition) is 2. The average molecular weight is 282 g/mol. The Morgan fingerprint density at radius 2 is 2.12 bits per heavy atom. The molecule has 2 N–H and O–H groups in total. The van der Waals surface area contributed by atoms with Crippen molar-refractivity contribution >= 4 is 27.6 Å². The van der Waals surface area contributed by atoms with Crippen LogP contribution in [0.1, 0.15) is 17.3 Å². The largest absolute Gasteiger partial charge is 0.352 e. The topological polar surface area (TPSA) is 83.5 Å². The molecule has 0 aliphatic heterocycles. The minimum Gasteiger partial charge on any atom is -0.352 e. The van der Waals surface area contributed by atoms with E-state index in [9.17, 15) is 17.6 Å². The summed E-state index contributed by atoms with van der Waals surface area (Å²) in [6.07, 6.45) is 0. The van der Waals surface area contributed by atoms with Gasteiger partial charge in [0.15, 0.2) is 0 Å². The summed E-state index contributed by atoms with van der Waals surface area (Å²) in [7, 11) is -4.73. The summed E-state index contributed by atoms with van der Waals surface area (Å²) in [5.41, 5.74) is -0.220. The first-order valence-electron chi connectivity index (χ1n) is 4.52. The minimum atomic E-state index is -4.73. The van der Waals surface area contributed by atoms with E-state index in [1.807, 2.05) is 0 Å². The van der Waals surface area contributed by atoms with Gasteiger partial charge in [-0.05, 0) is 19.1 Å². The number of hydrogen-bond acceptors (Lipinski definition) is 3. The molecule has 1 aromatic rings. The predicted octanol–water partition coefficient (Wildman–Crippen LogP) is 1.48. The third-order valence-electron chi connectivity index (χ3n) is 1.88. The highest BCUT2D eigenvalue weighted by atomic mass is 35.5. The first kappa shape index (κ1) is 13.9. The van der Waals surface area contributed by atoms with E-state index in [1.165, 1.54) is 0 Å². The van der Waals surface area contributed by atoms with E-state index in [-0.39, 0.29) is 10.6 Å². The average Bonchev–Trinajstić information content (AvgIpc) is 2.15. The zero-order valence-corrected chi connectivity index (χ0v) is 10.3. The summed E-state index contributed by atoms with van der Waals surface area (Å²) in [5.74, 6) is -1.87. The molecule has 0 aromatic heterocycles. The van der Waals surface area contributed by atoms with Crippen molar-refractivity contribution in [3.8, 4) is 0 Å². The highest BCUT2D eigenvalue weighted by Gasteiger charge is 2.21. The zero-order chi connectivity index (χ0) is 13.2. The van der Waals surface area contributed by atoms with Gasteiger partial charge in [-0.3, -0.25) is 9.35 Å². The first-order chi connectivity index (χ1) is 7.77. The molecule has 0 atom stereocenters. The van der Waals surface area contributed by atoms with E-state index < -0.39 is 26.7 Å². The van der Waals surface area contributed by atoms with Crippen molar-refractivity contribution < 1.29 is 22.2 Å². The lowest BCUT2D eigenvalue weighted by Gasteiger charge is -2.07. The van der Waals surface area contributed by atoms with Crippen molar-refractivity contribution in [2.24, 2.45) is 0 Å². The van der Waals surface area contributed by atoms with Crippen LogP contribution in [0.5, 0.6) is 0 Å². The van der Waals surface area contributed by atoms with Gasteiger partial charge in [-0.15, -0.1) is 0 Å². The molecule has 17 heavy (non-hydrogen) atoms. The lowest BCUT2D eigenvalue weighted by atomic mass is 10.2. The second kappa shape index (κ2) is 4.99. The Kier molecular flexibility index (Phi) is 4.07. The third-order valence-corrected chi connectivity index (χ3v) is 3.06. The molecule has 0 unspecified atom stereocenters. The molecule has 1 amide bonds. The minimum absolute atomic E-state index is 0.220. The van der Waals surface area contributed by atoms with E-state index in [1.54, 1.807) is 6.92 Å². The maximum atomic E-state index is 13.2. The summed E-state index contributed by atoms with van der Waals surface area (Å²) in [6, 6.07) is 1.35. The summed E-state index contributed by atoms with van der Waals surface area (Å²) in [4.78, 5) is 10.5. The fraction of sp³-hybridized carbons (Fsp3) is 0.222. The van der Waals surface area contributed by atoms with Crippen molar-refractivity contribution in [2.45, 2.75) is 11.8 Å². The molecular weight excluding hydrogens is 273 g/mol. The van der Waals surface area contributed by atoms with Crippen molar-refractivity contribution in [1.82, 2.24) is 5.32 Å². The quantitative estimate of drug-likeness (QED) is 0.822. The normalized spacial score (nSPS) is 11.3. The Morgan fingerprint density at radius 1 is 1.53 bits per heavy atom. The fourth-order valence-corrected chi connectivity index (χ4v) is 1.96. The van der Waals surface area contributed by atoms with Crippen LogP contribution in [-0.4, -0.2) is 25.4 Å². The van der Waals surface area contributed by atoms with E-state index >= 15 is 0 Å². The molecule has 1 rings (SSSR count). The number of carbonyl (C=O) groups is 1. The van der Waals surface area contributed by atoms with Gasteiger partial charge < -0.3 is 5.32 Å². The zero-order valence-electron chi connectivity index (χ0n) is 8.70. The first-order valence-corrected chi connectivity index (χ1v) is 6.34. The van der Waals surface area contributed by atoms with Gasteiger partial charge in [0.1, 0.15) is 10.7 Å². The molecule has 5 nitrogen and oxygen atoms in total. The van der Waals surface area contributed by atoms with Crippen molar-refractivity contribution in [3.05, 3.63) is 28.5 Å². The molecule has 1 aromatic carbocycles. The molecule has 0 aliphatic rings. The van der Waals surface area contributed by atoms with Crippen LogP contribution < -0.4 is 5.32 Å². The molecule has 8 heteroatoms. The van der Waals surface area contributed by atoms with Crippen LogP contribution in [0.3, 0.4) is 0 Å². The van der Waals surface area contributed by atoms with E-state index in [0.29, 0.717) is 18.7 Å². The van der Waals surface area contributed by atoms with Crippen LogP contribution in [0.25, 0.3) is 0 Å². The third kappa shape index (κ3) is 3.15. The molecule has 0 saturated carbocycles. The smallest absolute Gasteiger partial charge is 0.297 e. The Labute approximate surface area is 102 Å². The summed E-state index contributed by atoms with van der Waals surface area (Å²) >= 11 is 5.60. The van der Waals surface area contributed by atoms with Gasteiger partial charge >= 0.3 is 0 Å². The Balaban J connectivity index is 3.39. The van der Waals surface area contributed by atoms with Gasteiger partial charge in [0.05, 0.1) is 10.6 Å². The lowest BCUT2D eigenvalue weighted by molar-refractivity contribution is 0.0955. The molecule has 94 valence electrons. The molecule has 0 spiro atoms. The fourth-order valence-electron chi connectivity index (χ4n) is 1.16. The van der Waals surface area contributed by atoms with Crippen LogP contribution >= 0.6 is 11.6 Å². The summed E-state index contributed by atoms with van der Waals surface area (Å²) in [5, 5.41) is 2.14. The van der Waals surface area contributed by atoms with Gasteiger partial charge in [0.2, 0.25) is 0 Å². The molecular formula is C9H9ClFNO4S. The van der Waals surface area contributed by atoms with Crippen LogP contribution in [0.4, 0.5) is 4.39 Å². The van der Waals surface area contributed by atoms with E-state index in [4.69, 9.17) is 16.2 Å². The SMILES string of the molecule is CCNC(=O)c1cc(S(=O)(=O)O)c(F)cc1Cl. The lowest BCUT2D eigenvalue weighted by Crippen LogP contribution is -2.23. The van der Waals surface area contributed by atoms with Crippen LogP contribution in [-0.2, 0) is 10.1 Å². The Hall–Kier alpha value is -1.18. The predicted molar refractivity (Wildman–Crippen MR) is 59.2 cm³/mol. The molecule has 0 bridgehead atoms. The second-order valence-electron chi connectivity index (χ2n) is 3.10. The standard InChI is InChI=1S/C9H9ClFNO4S/c1-2-12-9(13)5-3-8(17(14,15)16)7(11)4-6(5)10/h3-4H,2H2,1H3,(H,12,13)(H,14,15,16). The number of nitrogens with one attached hydrogen (secondary N) is 1. The van der Waals surface area contributed by atoms with Crippen molar-refractivity contribution in [3.63, 3.8) is 0 Å². The maximum absolute atomic E-state index is 13.2. The maximum Gasteiger partial charge on any atom is 0.297 e. The number of halogens is 2. The number of carbonyl (C=O) groups excluding carboxylic acids is 1. The Bertz CT molecular complexity index is 558. The van der Waals surface area contributed by atoms with Gasteiger partial charge in [0, 0.05) is 6.54 Å². The number of amides is 1. The monoisotopic (exact) mass is 281 g/mol. The molecule has 0 fully saturated rings. The second-order valence-corrected chi connectivity index (χ2v) is 4.89. The molecule has 0 heterocycles. The van der Waals surface area contributed by atoms with Crippen LogP contribution in [0, 0.1) is 5.82 Å².